The third kappa shape index (κ3) is 2.83. The second-order valence-electron chi connectivity index (χ2n) is 5.81. The Bertz CT molecular complexity index is 419. The van der Waals surface area contributed by atoms with E-state index in [-0.39, 0.29) is 12.1 Å². The average molecular weight is 264 g/mol. The lowest BCUT2D eigenvalue weighted by molar-refractivity contribution is -0.0600. The van der Waals surface area contributed by atoms with Crippen LogP contribution in [0.3, 0.4) is 0 Å². The lowest BCUT2D eigenvalue weighted by atomic mass is 10.0. The number of hydrogen-bond acceptors (Lipinski definition) is 4. The Kier molecular flexibility index (Phi) is 3.86. The smallest absolute Gasteiger partial charge is 0.0853 e. The average Bonchev–Trinajstić information content (AvgIpc) is 3.03. The number of rotatable bonds is 4. The Morgan fingerprint density at radius 3 is 3.26 bits per heavy atom. The van der Waals surface area contributed by atoms with Crippen LogP contribution in [0.1, 0.15) is 25.0 Å². The third-order valence-electron chi connectivity index (χ3n) is 4.55. The van der Waals surface area contributed by atoms with Crippen LogP contribution in [0, 0.1) is 0 Å². The maximum absolute atomic E-state index is 6.32. The van der Waals surface area contributed by atoms with E-state index < -0.39 is 0 Å². The molecule has 0 saturated carbocycles. The van der Waals surface area contributed by atoms with E-state index in [1.807, 2.05) is 17.9 Å². The number of aryl methyl sites for hydroxylation is 2. The molecular weight excluding hydrogens is 240 g/mol. The number of ether oxygens (including phenoxy) is 1. The molecule has 5 heteroatoms. The SMILES string of the molecule is Cn1nccc1CCC(N)C1CN2CCCC2CO1. The highest BCUT2D eigenvalue weighted by Gasteiger charge is 2.34. The van der Waals surface area contributed by atoms with E-state index in [2.05, 4.69) is 16.1 Å². The zero-order chi connectivity index (χ0) is 13.2. The summed E-state index contributed by atoms with van der Waals surface area (Å²) >= 11 is 0. The number of nitrogens with two attached hydrogens (primary N) is 1. The molecule has 0 amide bonds. The number of hydrogen-bond donors (Lipinski definition) is 1. The van der Waals surface area contributed by atoms with Gasteiger partial charge >= 0.3 is 0 Å². The molecule has 2 aliphatic heterocycles. The van der Waals surface area contributed by atoms with Crippen molar-refractivity contribution in [2.45, 2.75) is 43.9 Å². The van der Waals surface area contributed by atoms with Crippen molar-refractivity contribution in [3.8, 4) is 0 Å². The Hall–Kier alpha value is -0.910. The Labute approximate surface area is 114 Å². The summed E-state index contributed by atoms with van der Waals surface area (Å²) in [5.74, 6) is 0. The normalized spacial score (nSPS) is 29.4. The zero-order valence-electron chi connectivity index (χ0n) is 11.7. The van der Waals surface area contributed by atoms with Gasteiger partial charge in [0, 0.05) is 37.6 Å². The summed E-state index contributed by atoms with van der Waals surface area (Å²) in [5, 5.41) is 4.19. The van der Waals surface area contributed by atoms with Gasteiger partial charge in [0.15, 0.2) is 0 Å². The maximum Gasteiger partial charge on any atom is 0.0853 e. The largest absolute Gasteiger partial charge is 0.374 e. The van der Waals surface area contributed by atoms with Gasteiger partial charge in [0.1, 0.15) is 0 Å². The van der Waals surface area contributed by atoms with Crippen LogP contribution in [0.25, 0.3) is 0 Å². The van der Waals surface area contributed by atoms with Gasteiger partial charge in [-0.05, 0) is 38.3 Å². The van der Waals surface area contributed by atoms with E-state index in [9.17, 15) is 0 Å². The highest BCUT2D eigenvalue weighted by atomic mass is 16.5. The minimum atomic E-state index is 0.122. The summed E-state index contributed by atoms with van der Waals surface area (Å²) in [6.07, 6.45) is 6.57. The number of fused-ring (bicyclic) bond motifs is 1. The molecule has 2 aliphatic rings. The molecule has 106 valence electrons. The molecule has 3 atom stereocenters. The highest BCUT2D eigenvalue weighted by molar-refractivity contribution is 5.01. The van der Waals surface area contributed by atoms with Crippen molar-refractivity contribution in [2.75, 3.05) is 19.7 Å². The van der Waals surface area contributed by atoms with Gasteiger partial charge in [0.25, 0.3) is 0 Å². The molecule has 1 aromatic heterocycles. The minimum Gasteiger partial charge on any atom is -0.374 e. The van der Waals surface area contributed by atoms with E-state index in [1.165, 1.54) is 25.1 Å². The van der Waals surface area contributed by atoms with Crippen LogP contribution in [0.5, 0.6) is 0 Å². The fourth-order valence-corrected chi connectivity index (χ4v) is 3.25. The van der Waals surface area contributed by atoms with Gasteiger partial charge in [-0.2, -0.15) is 5.10 Å². The molecule has 0 aromatic carbocycles. The van der Waals surface area contributed by atoms with Gasteiger partial charge in [-0.3, -0.25) is 9.58 Å². The number of nitrogens with zero attached hydrogens (tertiary/aromatic N) is 3. The summed E-state index contributed by atoms with van der Waals surface area (Å²) in [7, 11) is 1.98. The van der Waals surface area contributed by atoms with Crippen LogP contribution >= 0.6 is 0 Å². The van der Waals surface area contributed by atoms with E-state index in [1.54, 1.807) is 0 Å². The molecule has 0 aliphatic carbocycles. The molecule has 5 nitrogen and oxygen atoms in total. The van der Waals surface area contributed by atoms with E-state index >= 15 is 0 Å². The van der Waals surface area contributed by atoms with Gasteiger partial charge in [0.05, 0.1) is 12.7 Å². The van der Waals surface area contributed by atoms with E-state index in [4.69, 9.17) is 10.5 Å². The molecule has 3 heterocycles. The van der Waals surface area contributed by atoms with Crippen molar-refractivity contribution < 1.29 is 4.74 Å². The number of morpholine rings is 1. The topological polar surface area (TPSA) is 56.3 Å². The summed E-state index contributed by atoms with van der Waals surface area (Å²) in [6.45, 7) is 3.10. The second kappa shape index (κ2) is 5.61. The van der Waals surface area contributed by atoms with Crippen molar-refractivity contribution in [3.05, 3.63) is 18.0 Å². The summed E-state index contributed by atoms with van der Waals surface area (Å²) in [6, 6.07) is 2.84. The van der Waals surface area contributed by atoms with Crippen LogP contribution in [0.2, 0.25) is 0 Å². The van der Waals surface area contributed by atoms with Gasteiger partial charge in [-0.1, -0.05) is 0 Å². The standard InChI is InChI=1S/C14H24N4O/c1-17-11(6-7-16-17)4-5-13(15)14-9-18-8-2-3-12(18)10-19-14/h6-7,12-14H,2-5,8-10,15H2,1H3. The van der Waals surface area contributed by atoms with Crippen molar-refractivity contribution in [3.63, 3.8) is 0 Å². The quantitative estimate of drug-likeness (QED) is 0.862. The molecule has 19 heavy (non-hydrogen) atoms. The Morgan fingerprint density at radius 1 is 1.58 bits per heavy atom. The fourth-order valence-electron chi connectivity index (χ4n) is 3.25. The molecule has 0 spiro atoms. The Morgan fingerprint density at radius 2 is 2.47 bits per heavy atom. The summed E-state index contributed by atoms with van der Waals surface area (Å²) < 4.78 is 7.89. The first-order chi connectivity index (χ1) is 9.24. The molecule has 3 rings (SSSR count). The summed E-state index contributed by atoms with van der Waals surface area (Å²) in [4.78, 5) is 2.55. The Balaban J connectivity index is 1.50. The van der Waals surface area contributed by atoms with Crippen molar-refractivity contribution >= 4 is 0 Å². The highest BCUT2D eigenvalue weighted by Crippen LogP contribution is 2.24. The van der Waals surface area contributed by atoms with Gasteiger partial charge in [-0.15, -0.1) is 0 Å². The summed E-state index contributed by atoms with van der Waals surface area (Å²) in [5.41, 5.74) is 7.56. The van der Waals surface area contributed by atoms with Crippen molar-refractivity contribution in [1.29, 1.82) is 0 Å². The lowest BCUT2D eigenvalue weighted by Gasteiger charge is -2.37. The first kappa shape index (κ1) is 13.1. The molecular formula is C14H24N4O. The molecule has 2 saturated heterocycles. The predicted octanol–water partition coefficient (Wildman–Crippen LogP) is 0.543. The molecule has 0 bridgehead atoms. The third-order valence-corrected chi connectivity index (χ3v) is 4.55. The van der Waals surface area contributed by atoms with Crippen LogP contribution < -0.4 is 5.73 Å². The molecule has 3 unspecified atom stereocenters. The monoisotopic (exact) mass is 264 g/mol. The minimum absolute atomic E-state index is 0.122. The fraction of sp³-hybridized carbons (Fsp3) is 0.786. The molecule has 1 aromatic rings. The molecule has 2 N–H and O–H groups in total. The first-order valence-corrected chi connectivity index (χ1v) is 7.32. The van der Waals surface area contributed by atoms with Crippen LogP contribution in [-0.2, 0) is 18.2 Å². The lowest BCUT2D eigenvalue weighted by Crippen LogP contribution is -2.52. The van der Waals surface area contributed by atoms with Crippen LogP contribution in [-0.4, -0.2) is 52.6 Å². The van der Waals surface area contributed by atoms with Gasteiger partial charge in [0.2, 0.25) is 0 Å². The van der Waals surface area contributed by atoms with Gasteiger partial charge < -0.3 is 10.5 Å². The zero-order valence-corrected chi connectivity index (χ0v) is 11.7. The second-order valence-corrected chi connectivity index (χ2v) is 5.81. The predicted molar refractivity (Wildman–Crippen MR) is 73.8 cm³/mol. The molecule has 2 fully saturated rings. The number of aromatic nitrogens is 2. The van der Waals surface area contributed by atoms with Crippen LogP contribution in [0.4, 0.5) is 0 Å². The van der Waals surface area contributed by atoms with Crippen LogP contribution in [0.15, 0.2) is 12.3 Å². The van der Waals surface area contributed by atoms with E-state index in [0.717, 1.165) is 26.0 Å². The maximum atomic E-state index is 6.32. The molecule has 0 radical (unpaired) electrons. The van der Waals surface area contributed by atoms with Crippen molar-refractivity contribution in [1.82, 2.24) is 14.7 Å². The van der Waals surface area contributed by atoms with E-state index in [0.29, 0.717) is 6.04 Å². The van der Waals surface area contributed by atoms with Crippen molar-refractivity contribution in [2.24, 2.45) is 12.8 Å². The van der Waals surface area contributed by atoms with Gasteiger partial charge in [-0.25, -0.2) is 0 Å². The first-order valence-electron chi connectivity index (χ1n) is 7.32.